The molecule has 0 heterocycles. The summed E-state index contributed by atoms with van der Waals surface area (Å²) in [7, 11) is 0. The molecule has 0 fully saturated rings. The van der Waals surface area contributed by atoms with Gasteiger partial charge < -0.3 is 4.74 Å². The quantitative estimate of drug-likeness (QED) is 0.440. The van der Waals surface area contributed by atoms with Crippen LogP contribution in [-0.4, -0.2) is 11.5 Å². The monoisotopic (exact) mass is 215 g/mol. The molecule has 1 aromatic carbocycles. The number of nitrogens with zero attached hydrogens (tertiary/aromatic N) is 1. The van der Waals surface area contributed by atoms with Crippen LogP contribution in [0.2, 0.25) is 0 Å². The van der Waals surface area contributed by atoms with Crippen molar-refractivity contribution in [1.82, 2.24) is 0 Å². The van der Waals surface area contributed by atoms with E-state index in [2.05, 4.69) is 6.58 Å². The van der Waals surface area contributed by atoms with E-state index in [4.69, 9.17) is 4.74 Å². The summed E-state index contributed by atoms with van der Waals surface area (Å²) in [6.45, 7) is 3.25. The third-order valence-electron chi connectivity index (χ3n) is 1.53. The lowest BCUT2D eigenvalue weighted by Crippen LogP contribution is -2.01. The second-order valence-corrected chi connectivity index (χ2v) is 2.59. The zero-order valence-electron chi connectivity index (χ0n) is 7.57. The Morgan fingerprint density at radius 2 is 2.20 bits per heavy atom. The fraction of sp³-hybridized carbons (Fsp3) is 0.111. The summed E-state index contributed by atoms with van der Waals surface area (Å²) in [5.41, 5.74) is -0.877. The number of hydrogen-bond donors (Lipinski definition) is 0. The molecule has 1 aromatic rings. The molecule has 0 unspecified atom stereocenters. The summed E-state index contributed by atoms with van der Waals surface area (Å²) < 4.78 is 30.5. The number of rotatable bonds is 4. The highest BCUT2D eigenvalue weighted by molar-refractivity contribution is 5.47. The summed E-state index contributed by atoms with van der Waals surface area (Å²) in [6, 6.07) is 1.18. The molecule has 0 bridgehead atoms. The molecule has 15 heavy (non-hydrogen) atoms. The summed E-state index contributed by atoms with van der Waals surface area (Å²) in [5, 5.41) is 10.5. The van der Waals surface area contributed by atoms with E-state index in [1.54, 1.807) is 0 Å². The van der Waals surface area contributed by atoms with Crippen molar-refractivity contribution in [2.45, 2.75) is 0 Å². The number of halogens is 2. The molecule has 0 radical (unpaired) electrons. The Hall–Kier alpha value is -1.98. The predicted molar refractivity (Wildman–Crippen MR) is 48.7 cm³/mol. The van der Waals surface area contributed by atoms with E-state index in [0.717, 1.165) is 6.07 Å². The van der Waals surface area contributed by atoms with E-state index in [9.17, 15) is 18.9 Å². The molecule has 6 heteroatoms. The topological polar surface area (TPSA) is 52.4 Å². The first-order chi connectivity index (χ1) is 7.06. The molecule has 80 valence electrons. The van der Waals surface area contributed by atoms with Crippen LogP contribution in [0.5, 0.6) is 5.75 Å². The summed E-state index contributed by atoms with van der Waals surface area (Å²) in [5.74, 6) is -2.64. The molecule has 0 aliphatic carbocycles. The molecular weight excluding hydrogens is 208 g/mol. The standard InChI is InChI=1S/C9H7F2NO3/c1-2-3-15-8-5-6(10)4-7(11)9(8)12(13)14/h2,4-5H,1,3H2. The Bertz CT molecular complexity index is 407. The van der Waals surface area contributed by atoms with Gasteiger partial charge in [-0.1, -0.05) is 12.7 Å². The van der Waals surface area contributed by atoms with Crippen LogP contribution in [-0.2, 0) is 0 Å². The average Bonchev–Trinajstić information content (AvgIpc) is 2.12. The molecule has 0 atom stereocenters. The van der Waals surface area contributed by atoms with E-state index in [-0.39, 0.29) is 6.61 Å². The molecule has 1 rings (SSSR count). The molecule has 0 N–H and O–H groups in total. The van der Waals surface area contributed by atoms with Gasteiger partial charge in [0, 0.05) is 12.1 Å². The van der Waals surface area contributed by atoms with Gasteiger partial charge in [-0.15, -0.1) is 0 Å². The van der Waals surface area contributed by atoms with Crippen LogP contribution in [0.15, 0.2) is 24.8 Å². The molecule has 0 amide bonds. The first-order valence-corrected chi connectivity index (χ1v) is 3.93. The van der Waals surface area contributed by atoms with Crippen molar-refractivity contribution in [1.29, 1.82) is 0 Å². The molecular formula is C9H7F2NO3. The van der Waals surface area contributed by atoms with Crippen molar-refractivity contribution in [2.24, 2.45) is 0 Å². The molecule has 0 spiro atoms. The minimum absolute atomic E-state index is 0.0657. The highest BCUT2D eigenvalue weighted by Gasteiger charge is 2.23. The van der Waals surface area contributed by atoms with E-state index in [1.165, 1.54) is 6.08 Å². The first-order valence-electron chi connectivity index (χ1n) is 3.93. The number of nitro groups is 1. The lowest BCUT2D eigenvalue weighted by atomic mass is 10.2. The van der Waals surface area contributed by atoms with Gasteiger partial charge in [0.05, 0.1) is 4.92 Å². The van der Waals surface area contributed by atoms with Crippen LogP contribution in [0, 0.1) is 21.7 Å². The van der Waals surface area contributed by atoms with E-state index >= 15 is 0 Å². The summed E-state index contributed by atoms with van der Waals surface area (Å²) in [6.07, 6.45) is 1.31. The van der Waals surface area contributed by atoms with Gasteiger partial charge >= 0.3 is 5.69 Å². The SMILES string of the molecule is C=CCOc1cc(F)cc(F)c1[N+](=O)[O-]. The Balaban J connectivity index is 3.20. The van der Waals surface area contributed by atoms with Gasteiger partial charge in [0.15, 0.2) is 0 Å². The van der Waals surface area contributed by atoms with Crippen molar-refractivity contribution in [3.63, 3.8) is 0 Å². The minimum Gasteiger partial charge on any atom is -0.482 e. The smallest absolute Gasteiger partial charge is 0.346 e. The molecule has 0 saturated carbocycles. The number of nitro benzene ring substituents is 1. The number of ether oxygens (including phenoxy) is 1. The maximum absolute atomic E-state index is 13.0. The normalized spacial score (nSPS) is 9.73. The third kappa shape index (κ3) is 2.49. The van der Waals surface area contributed by atoms with Gasteiger partial charge in [0.2, 0.25) is 11.6 Å². The molecule has 4 nitrogen and oxygen atoms in total. The molecule has 0 aromatic heterocycles. The van der Waals surface area contributed by atoms with Crippen molar-refractivity contribution in [3.8, 4) is 5.75 Å². The summed E-state index contributed by atoms with van der Waals surface area (Å²) >= 11 is 0. The minimum atomic E-state index is -1.26. The fourth-order valence-electron chi connectivity index (χ4n) is 0.978. The average molecular weight is 215 g/mol. The first kappa shape index (κ1) is 11.1. The highest BCUT2D eigenvalue weighted by Crippen LogP contribution is 2.30. The lowest BCUT2D eigenvalue weighted by molar-refractivity contribution is -0.388. The van der Waals surface area contributed by atoms with Crippen molar-refractivity contribution >= 4 is 5.69 Å². The largest absolute Gasteiger partial charge is 0.482 e. The van der Waals surface area contributed by atoms with Crippen LogP contribution in [0.25, 0.3) is 0 Å². The summed E-state index contributed by atoms with van der Waals surface area (Å²) in [4.78, 5) is 9.49. The second kappa shape index (κ2) is 4.50. The molecule has 0 aliphatic heterocycles. The van der Waals surface area contributed by atoms with Crippen LogP contribution >= 0.6 is 0 Å². The van der Waals surface area contributed by atoms with Crippen molar-refractivity contribution < 1.29 is 18.4 Å². The van der Waals surface area contributed by atoms with Crippen LogP contribution < -0.4 is 4.74 Å². The molecule has 0 aliphatic rings. The van der Waals surface area contributed by atoms with E-state index < -0.39 is 28.0 Å². The Labute approximate surface area is 83.9 Å². The van der Waals surface area contributed by atoms with Crippen LogP contribution in [0.4, 0.5) is 14.5 Å². The fourth-order valence-corrected chi connectivity index (χ4v) is 0.978. The number of benzene rings is 1. The van der Waals surface area contributed by atoms with Gasteiger partial charge in [-0.3, -0.25) is 10.1 Å². The van der Waals surface area contributed by atoms with Crippen molar-refractivity contribution in [3.05, 3.63) is 46.5 Å². The Morgan fingerprint density at radius 1 is 1.53 bits per heavy atom. The maximum atomic E-state index is 13.0. The predicted octanol–water partition coefficient (Wildman–Crippen LogP) is 2.44. The van der Waals surface area contributed by atoms with Gasteiger partial charge in [0.25, 0.3) is 0 Å². The number of hydrogen-bond acceptors (Lipinski definition) is 3. The van der Waals surface area contributed by atoms with Gasteiger partial charge in [-0.2, -0.15) is 4.39 Å². The zero-order valence-corrected chi connectivity index (χ0v) is 7.57. The van der Waals surface area contributed by atoms with E-state index in [1.807, 2.05) is 0 Å². The Kier molecular flexibility index (Phi) is 3.33. The van der Waals surface area contributed by atoms with Gasteiger partial charge in [0.1, 0.15) is 12.4 Å². The third-order valence-corrected chi connectivity index (χ3v) is 1.53. The lowest BCUT2D eigenvalue weighted by Gasteiger charge is -2.04. The molecule has 0 saturated heterocycles. The maximum Gasteiger partial charge on any atom is 0.346 e. The van der Waals surface area contributed by atoms with Crippen LogP contribution in [0.1, 0.15) is 0 Å². The van der Waals surface area contributed by atoms with Crippen molar-refractivity contribution in [2.75, 3.05) is 6.61 Å². The van der Waals surface area contributed by atoms with Crippen LogP contribution in [0.3, 0.4) is 0 Å². The Morgan fingerprint density at radius 3 is 2.73 bits per heavy atom. The van der Waals surface area contributed by atoms with E-state index in [0.29, 0.717) is 6.07 Å². The van der Waals surface area contributed by atoms with Gasteiger partial charge in [-0.05, 0) is 0 Å². The zero-order chi connectivity index (χ0) is 11.4. The second-order valence-electron chi connectivity index (χ2n) is 2.59. The van der Waals surface area contributed by atoms with Gasteiger partial charge in [-0.25, -0.2) is 4.39 Å². The highest BCUT2D eigenvalue weighted by atomic mass is 19.1.